The number of imidazole rings is 1. The van der Waals surface area contributed by atoms with Crippen molar-refractivity contribution in [2.24, 2.45) is 13.0 Å². The van der Waals surface area contributed by atoms with Gasteiger partial charge in [0.2, 0.25) is 0 Å². The largest absolute Gasteiger partial charge is 0.351 e. The molecule has 0 aliphatic carbocycles. The van der Waals surface area contributed by atoms with Crippen LogP contribution in [-0.2, 0) is 7.05 Å². The van der Waals surface area contributed by atoms with E-state index >= 15 is 0 Å². The molecule has 1 aliphatic rings. The van der Waals surface area contributed by atoms with E-state index in [4.69, 9.17) is 0 Å². The standard InChI is InChI=1S/C28H32FN7O2/c1-4-18-17-35(24(18)5-2)11-9-30-27(37)20-6-7-22(29)23(12-20)33-28(38)25-15-31-26-13-19(8-10-36(25)26)21-14-32-34(3)16-21/h6-8,10,12-16,18,24H,4-5,9,11,17H2,1-3H3,(H,30,37)(H,33,38)/t18-,24+/m1/s1. The summed E-state index contributed by atoms with van der Waals surface area (Å²) in [5, 5.41) is 9.69. The average Bonchev–Trinajstić information content (AvgIpc) is 3.53. The number of hydrogen-bond acceptors (Lipinski definition) is 5. The number of aromatic nitrogens is 4. The first-order chi connectivity index (χ1) is 18.4. The summed E-state index contributed by atoms with van der Waals surface area (Å²) in [5.41, 5.74) is 2.88. The Morgan fingerprint density at radius 1 is 1.08 bits per heavy atom. The Balaban J connectivity index is 1.24. The van der Waals surface area contributed by atoms with Crippen molar-refractivity contribution in [1.82, 2.24) is 29.4 Å². The number of anilines is 1. The number of fused-ring (bicyclic) bond motifs is 1. The van der Waals surface area contributed by atoms with Gasteiger partial charge in [-0.25, -0.2) is 9.37 Å². The van der Waals surface area contributed by atoms with Gasteiger partial charge in [0, 0.05) is 56.2 Å². The number of amides is 2. The zero-order valence-corrected chi connectivity index (χ0v) is 21.8. The third kappa shape index (κ3) is 5.04. The number of nitrogens with zero attached hydrogens (tertiary/aromatic N) is 5. The van der Waals surface area contributed by atoms with E-state index in [9.17, 15) is 14.0 Å². The molecular weight excluding hydrogens is 485 g/mol. The van der Waals surface area contributed by atoms with Gasteiger partial charge in [-0.3, -0.25) is 23.6 Å². The van der Waals surface area contributed by atoms with Crippen molar-refractivity contribution in [2.75, 3.05) is 25.0 Å². The number of pyridine rings is 1. The number of benzene rings is 1. The summed E-state index contributed by atoms with van der Waals surface area (Å²) in [6.45, 7) is 6.76. The highest BCUT2D eigenvalue weighted by atomic mass is 19.1. The third-order valence-corrected chi connectivity index (χ3v) is 7.37. The Bertz CT molecular complexity index is 1480. The van der Waals surface area contributed by atoms with E-state index < -0.39 is 11.7 Å². The van der Waals surface area contributed by atoms with Gasteiger partial charge in [-0.1, -0.05) is 20.3 Å². The molecule has 0 bridgehead atoms. The van der Waals surface area contributed by atoms with Crippen molar-refractivity contribution in [3.8, 4) is 11.1 Å². The smallest absolute Gasteiger partial charge is 0.274 e. The summed E-state index contributed by atoms with van der Waals surface area (Å²) >= 11 is 0. The zero-order chi connectivity index (χ0) is 26.8. The van der Waals surface area contributed by atoms with Crippen LogP contribution in [0.25, 0.3) is 16.8 Å². The quantitative estimate of drug-likeness (QED) is 0.350. The predicted molar refractivity (Wildman–Crippen MR) is 144 cm³/mol. The lowest BCUT2D eigenvalue weighted by molar-refractivity contribution is 0.0118. The maximum atomic E-state index is 14.6. The Morgan fingerprint density at radius 2 is 1.92 bits per heavy atom. The molecule has 1 fully saturated rings. The summed E-state index contributed by atoms with van der Waals surface area (Å²) in [4.78, 5) is 32.5. The molecule has 4 aromatic rings. The fourth-order valence-electron chi connectivity index (χ4n) is 5.23. The van der Waals surface area contributed by atoms with Crippen molar-refractivity contribution in [3.63, 3.8) is 0 Å². The number of rotatable bonds is 9. The first-order valence-electron chi connectivity index (χ1n) is 13.0. The van der Waals surface area contributed by atoms with Gasteiger partial charge in [0.15, 0.2) is 0 Å². The molecule has 4 heterocycles. The molecule has 38 heavy (non-hydrogen) atoms. The lowest BCUT2D eigenvalue weighted by Crippen LogP contribution is -2.57. The van der Waals surface area contributed by atoms with Gasteiger partial charge in [0.25, 0.3) is 11.8 Å². The minimum absolute atomic E-state index is 0.0656. The van der Waals surface area contributed by atoms with Crippen LogP contribution < -0.4 is 10.6 Å². The number of carbonyl (C=O) groups excluding carboxylic acids is 2. The number of nitrogens with one attached hydrogen (secondary N) is 2. The van der Waals surface area contributed by atoms with E-state index in [2.05, 4.69) is 39.5 Å². The molecular formula is C28H32FN7O2. The van der Waals surface area contributed by atoms with Crippen LogP contribution in [0.2, 0.25) is 0 Å². The van der Waals surface area contributed by atoms with Crippen molar-refractivity contribution in [2.45, 2.75) is 32.7 Å². The van der Waals surface area contributed by atoms with E-state index in [-0.39, 0.29) is 22.9 Å². The molecule has 1 aromatic carbocycles. The highest BCUT2D eigenvalue weighted by molar-refractivity contribution is 6.04. The molecule has 9 nitrogen and oxygen atoms in total. The molecule has 0 radical (unpaired) electrons. The fraction of sp³-hybridized carbons (Fsp3) is 0.357. The lowest BCUT2D eigenvalue weighted by atomic mass is 9.85. The van der Waals surface area contributed by atoms with E-state index in [1.54, 1.807) is 21.5 Å². The second-order valence-electron chi connectivity index (χ2n) is 9.73. The summed E-state index contributed by atoms with van der Waals surface area (Å²) in [7, 11) is 1.84. The Hall–Kier alpha value is -4.05. The predicted octanol–water partition coefficient (Wildman–Crippen LogP) is 3.98. The highest BCUT2D eigenvalue weighted by Crippen LogP contribution is 2.29. The van der Waals surface area contributed by atoms with Crippen molar-refractivity contribution in [1.29, 1.82) is 0 Å². The number of carbonyl (C=O) groups is 2. The number of likely N-dealkylation sites (tertiary alicyclic amines) is 1. The molecule has 1 saturated heterocycles. The molecule has 10 heteroatoms. The van der Waals surface area contributed by atoms with Gasteiger partial charge in [0.05, 0.1) is 18.1 Å². The molecule has 5 rings (SSSR count). The minimum atomic E-state index is -0.625. The van der Waals surface area contributed by atoms with Crippen LogP contribution in [0, 0.1) is 11.7 Å². The van der Waals surface area contributed by atoms with Gasteiger partial charge in [-0.05, 0) is 48.2 Å². The van der Waals surface area contributed by atoms with Gasteiger partial charge in [-0.2, -0.15) is 5.10 Å². The maximum Gasteiger partial charge on any atom is 0.274 e. The highest BCUT2D eigenvalue weighted by Gasteiger charge is 2.35. The zero-order valence-electron chi connectivity index (χ0n) is 21.8. The van der Waals surface area contributed by atoms with Gasteiger partial charge in [0.1, 0.15) is 17.2 Å². The van der Waals surface area contributed by atoms with E-state index in [1.165, 1.54) is 30.8 Å². The first kappa shape index (κ1) is 25.6. The second-order valence-corrected chi connectivity index (χ2v) is 9.73. The summed E-state index contributed by atoms with van der Waals surface area (Å²) in [5.74, 6) is -0.731. The van der Waals surface area contributed by atoms with Gasteiger partial charge < -0.3 is 10.6 Å². The van der Waals surface area contributed by atoms with Crippen LogP contribution in [-0.4, -0.2) is 61.6 Å². The monoisotopic (exact) mass is 517 g/mol. The molecule has 2 atom stereocenters. The second kappa shape index (κ2) is 10.7. The average molecular weight is 518 g/mol. The third-order valence-electron chi connectivity index (χ3n) is 7.37. The van der Waals surface area contributed by atoms with Crippen LogP contribution in [0.1, 0.15) is 47.5 Å². The Kier molecular flexibility index (Phi) is 7.24. The molecule has 0 unspecified atom stereocenters. The van der Waals surface area contributed by atoms with Crippen LogP contribution in [0.4, 0.5) is 10.1 Å². The summed E-state index contributed by atoms with van der Waals surface area (Å²) in [6.07, 6.45) is 9.10. The van der Waals surface area contributed by atoms with Crippen molar-refractivity contribution < 1.29 is 14.0 Å². The first-order valence-corrected chi connectivity index (χ1v) is 13.0. The molecule has 1 aliphatic heterocycles. The van der Waals surface area contributed by atoms with E-state index in [0.29, 0.717) is 18.2 Å². The van der Waals surface area contributed by atoms with Crippen molar-refractivity contribution in [3.05, 3.63) is 72.2 Å². The van der Waals surface area contributed by atoms with Crippen molar-refractivity contribution >= 4 is 23.1 Å². The fourth-order valence-corrected chi connectivity index (χ4v) is 5.23. The topological polar surface area (TPSA) is 96.6 Å². The Morgan fingerprint density at radius 3 is 2.66 bits per heavy atom. The van der Waals surface area contributed by atoms with Gasteiger partial charge in [-0.15, -0.1) is 0 Å². The molecule has 0 saturated carbocycles. The normalized spacial score (nSPS) is 17.4. The number of halogens is 1. The SMILES string of the molecule is CC[C@@H]1CN(CCNC(=O)c2ccc(F)c(NC(=O)c3cnc4cc(-c5cnn(C)c5)ccn34)c2)[C@H]1CC. The molecule has 0 spiro atoms. The molecule has 198 valence electrons. The molecule has 2 amide bonds. The van der Waals surface area contributed by atoms with Crippen LogP contribution >= 0.6 is 0 Å². The maximum absolute atomic E-state index is 14.6. The van der Waals surface area contributed by atoms with Crippen LogP contribution in [0.5, 0.6) is 0 Å². The summed E-state index contributed by atoms with van der Waals surface area (Å²) < 4.78 is 17.9. The molecule has 2 N–H and O–H groups in total. The minimum Gasteiger partial charge on any atom is -0.351 e. The number of aryl methyl sites for hydroxylation is 1. The van der Waals surface area contributed by atoms with Gasteiger partial charge >= 0.3 is 0 Å². The van der Waals surface area contributed by atoms with Crippen LogP contribution in [0.3, 0.4) is 0 Å². The van der Waals surface area contributed by atoms with Crippen LogP contribution in [0.15, 0.2) is 55.1 Å². The molecule has 3 aromatic heterocycles. The van der Waals surface area contributed by atoms with E-state index in [0.717, 1.165) is 36.6 Å². The lowest BCUT2D eigenvalue weighted by Gasteiger charge is -2.48. The van der Waals surface area contributed by atoms with E-state index in [1.807, 2.05) is 25.4 Å². The Labute approximate surface area is 220 Å². The number of hydrogen-bond donors (Lipinski definition) is 2. The summed E-state index contributed by atoms with van der Waals surface area (Å²) in [6, 6.07) is 8.25.